The number of hydrogen-bond acceptors (Lipinski definition) is 25. The van der Waals surface area contributed by atoms with Gasteiger partial charge < -0.3 is 76.9 Å². The summed E-state index contributed by atoms with van der Waals surface area (Å²) >= 11 is 40.0. The molecule has 0 saturated carbocycles. The van der Waals surface area contributed by atoms with Crippen molar-refractivity contribution in [2.24, 2.45) is 0 Å². The molecular weight excluding hydrogens is 2190 g/mol. The van der Waals surface area contributed by atoms with Crippen LogP contribution >= 0.6 is 101 Å². The lowest BCUT2D eigenvalue weighted by Gasteiger charge is -2.32. The lowest BCUT2D eigenvalue weighted by Crippen LogP contribution is -2.41. The molecule has 25 nitrogen and oxygen atoms in total. The summed E-state index contributed by atoms with van der Waals surface area (Å²) in [5.41, 5.74) is 8.67. The van der Waals surface area contributed by atoms with Crippen LogP contribution in [0.3, 0.4) is 0 Å². The van der Waals surface area contributed by atoms with E-state index in [1.807, 2.05) is 27.7 Å². The van der Waals surface area contributed by atoms with Crippen molar-refractivity contribution >= 4 is 169 Å². The molecule has 0 spiro atoms. The molecule has 13 aromatic rings. The third-order valence-corrected chi connectivity index (χ3v) is 22.0. The van der Waals surface area contributed by atoms with Crippen LogP contribution in [0.4, 0.5) is 53.5 Å². The second-order valence-corrected chi connectivity index (χ2v) is 34.2. The minimum Gasteiger partial charge on any atom is -0.507 e. The monoisotopic (exact) mass is 2270 g/mol. The Labute approximate surface area is 877 Å². The van der Waals surface area contributed by atoms with Gasteiger partial charge in [0.15, 0.2) is 0 Å². The number of esters is 2. The summed E-state index contributed by atoms with van der Waals surface area (Å²) in [6.45, 7) is -6.86. The number of aromatic nitrogens is 2. The van der Waals surface area contributed by atoms with Gasteiger partial charge in [-0.05, 0) is 280 Å². The number of ether oxygens (including phenoxy) is 10. The number of alkyl halides is 10. The maximum atomic E-state index is 12.8. The van der Waals surface area contributed by atoms with Crippen LogP contribution in [0.25, 0.3) is 44.5 Å². The molecule has 14 rings (SSSR count). The third kappa shape index (κ3) is 41.6. The van der Waals surface area contributed by atoms with Crippen molar-refractivity contribution in [2.75, 3.05) is 28.4 Å². The van der Waals surface area contributed by atoms with E-state index >= 15 is 0 Å². The average Bonchev–Trinajstić information content (AvgIpc) is 1.63. The van der Waals surface area contributed by atoms with Gasteiger partial charge >= 0.3 is 70.8 Å². The number of halogens is 18. The number of carbonyl (C=O) groups excluding carboxylic acids is 7. The van der Waals surface area contributed by atoms with Crippen LogP contribution in [0.2, 0.25) is 25.1 Å². The fraction of sp³-hybridized carbons (Fsp3) is 0.178. The SMILES string of the molecule is COC(=O)Cl.COC(=O)OCc1ccc(OC(F)F)c(-c2cccc(Cl)c2)c1.COC(=O)c1ccc(B2OC(C)(C)C(C)(C)O2)cn1.COC(=O)c1ccc(Cc2ccc(OC(F)F)c(-c3cccc(Cl)c3)c2)cn1.O=Cc1ccc(O)c(Br)c1.O=Cc1ccc(OC(F)F)c(-c2cccc(Cl)c2)c1.O=Cc1ccc(OC(F)F)c(Br)c1.OB(O)c1cccc(Cl)c1.OCc1ccc(OC(F)F)c(-c2cccc(Cl)c2)c1. The van der Waals surface area contributed by atoms with Crippen molar-refractivity contribution in [1.29, 1.82) is 0 Å². The molecule has 45 heteroatoms. The molecule has 1 aliphatic rings. The minimum absolute atomic E-state index is 0.00265. The lowest BCUT2D eigenvalue weighted by atomic mass is 9.80. The number of aliphatic hydroxyl groups is 1. The number of aliphatic hydroxyl groups excluding tert-OH is 1. The Morgan fingerprint density at radius 3 is 1.10 bits per heavy atom. The third-order valence-electron chi connectivity index (χ3n) is 19.4. The van der Waals surface area contributed by atoms with Gasteiger partial charge in [-0.1, -0.05) is 149 Å². The second-order valence-electron chi connectivity index (χ2n) is 30.0. The Kier molecular flexibility index (Phi) is 51.4. The van der Waals surface area contributed by atoms with Crippen LogP contribution in [-0.4, -0.2) is 160 Å². The first-order chi connectivity index (χ1) is 69.2. The molecule has 3 heterocycles. The maximum Gasteiger partial charge on any atom is 0.508 e. The molecule has 0 aliphatic carbocycles. The molecule has 11 aromatic carbocycles. The summed E-state index contributed by atoms with van der Waals surface area (Å²) in [4.78, 5) is 82.5. The molecule has 1 fully saturated rings. The topological polar surface area (TPSA) is 337 Å². The van der Waals surface area contributed by atoms with E-state index in [0.29, 0.717) is 131 Å². The van der Waals surface area contributed by atoms with Crippen molar-refractivity contribution in [3.63, 3.8) is 0 Å². The van der Waals surface area contributed by atoms with Crippen LogP contribution in [0, 0.1) is 0 Å². The van der Waals surface area contributed by atoms with Gasteiger partial charge in [0.05, 0.1) is 55.2 Å². The van der Waals surface area contributed by atoms with Crippen molar-refractivity contribution < 1.29 is 154 Å². The van der Waals surface area contributed by atoms with Crippen LogP contribution in [0.15, 0.2) is 276 Å². The fourth-order valence-electron chi connectivity index (χ4n) is 12.0. The van der Waals surface area contributed by atoms with Crippen molar-refractivity contribution in [1.82, 2.24) is 9.97 Å². The summed E-state index contributed by atoms with van der Waals surface area (Å²) in [6, 6.07) is 67.2. The van der Waals surface area contributed by atoms with Gasteiger partial charge in [0, 0.05) is 93.5 Å². The van der Waals surface area contributed by atoms with Gasteiger partial charge in [0.1, 0.15) is 71.4 Å². The maximum absolute atomic E-state index is 12.8. The van der Waals surface area contributed by atoms with E-state index < -0.39 is 82.0 Å². The number of phenols is 1. The lowest BCUT2D eigenvalue weighted by molar-refractivity contribution is -0.0508. The molecule has 146 heavy (non-hydrogen) atoms. The van der Waals surface area contributed by atoms with Crippen LogP contribution in [0.1, 0.15) is 102 Å². The van der Waals surface area contributed by atoms with E-state index in [-0.39, 0.29) is 59.1 Å². The number of benzene rings is 11. The quantitative estimate of drug-likeness (QED) is 0.00977. The Hall–Kier alpha value is -12.9. The Balaban J connectivity index is 0.000000258. The van der Waals surface area contributed by atoms with Gasteiger partial charge in [0.25, 0.3) is 0 Å². The number of phenolic OH excluding ortho intramolecular Hbond substituents is 1. The highest BCUT2D eigenvalue weighted by molar-refractivity contribution is 9.11. The predicted molar refractivity (Wildman–Crippen MR) is 539 cm³/mol. The number of carbonyl (C=O) groups is 7. The number of hydrogen-bond donors (Lipinski definition) is 4. The first kappa shape index (κ1) is 122. The highest BCUT2D eigenvalue weighted by atomic mass is 79.9. The Morgan fingerprint density at radius 1 is 0.411 bits per heavy atom. The molecule has 0 amide bonds. The van der Waals surface area contributed by atoms with Gasteiger partial charge in [-0.25, -0.2) is 29.1 Å². The normalized spacial score (nSPS) is 11.6. The zero-order valence-corrected chi connectivity index (χ0v) is 85.2. The summed E-state index contributed by atoms with van der Waals surface area (Å²) in [7, 11) is 3.13. The molecule has 4 N–H and O–H groups in total. The molecule has 770 valence electrons. The largest absolute Gasteiger partial charge is 0.508 e. The molecule has 0 radical (unpaired) electrons. The van der Waals surface area contributed by atoms with Crippen LogP contribution in [-0.2, 0) is 52.6 Å². The number of aldehydes is 3. The van der Waals surface area contributed by atoms with E-state index in [2.05, 4.69) is 96.1 Å². The first-order valence-electron chi connectivity index (χ1n) is 41.8. The number of methoxy groups -OCH3 is 4. The van der Waals surface area contributed by atoms with E-state index in [1.165, 1.54) is 107 Å². The molecule has 1 aliphatic heterocycles. The van der Waals surface area contributed by atoms with Gasteiger partial charge in [-0.15, -0.1) is 0 Å². The van der Waals surface area contributed by atoms with Crippen molar-refractivity contribution in [3.05, 3.63) is 352 Å². The molecule has 1 saturated heterocycles. The van der Waals surface area contributed by atoms with Crippen molar-refractivity contribution in [2.45, 2.75) is 91.6 Å². The van der Waals surface area contributed by atoms with Crippen LogP contribution < -0.4 is 34.6 Å². The molecular formula is C101H86B2Br2Cl6F10N2O23. The number of aromatic hydroxyl groups is 1. The van der Waals surface area contributed by atoms with E-state index in [9.17, 15) is 77.5 Å². The van der Waals surface area contributed by atoms with E-state index in [4.69, 9.17) is 92.3 Å². The second kappa shape index (κ2) is 61.6. The fourth-order valence-corrected chi connectivity index (χ4v) is 13.8. The van der Waals surface area contributed by atoms with Crippen molar-refractivity contribution in [3.8, 4) is 79.0 Å². The highest BCUT2D eigenvalue weighted by Gasteiger charge is 2.52. The van der Waals surface area contributed by atoms with E-state index in [1.54, 1.807) is 188 Å². The summed E-state index contributed by atoms with van der Waals surface area (Å²) < 4.78 is 181. The zero-order chi connectivity index (χ0) is 108. The summed E-state index contributed by atoms with van der Waals surface area (Å²) in [5, 5.41) is 37.8. The molecule has 0 bridgehead atoms. The van der Waals surface area contributed by atoms with E-state index in [0.717, 1.165) is 22.9 Å². The zero-order valence-electron chi connectivity index (χ0n) is 77.5. The first-order valence-corrected chi connectivity index (χ1v) is 45.7. The Bertz CT molecular complexity index is 6450. The van der Waals surface area contributed by atoms with Crippen LogP contribution in [0.5, 0.6) is 34.5 Å². The van der Waals surface area contributed by atoms with Gasteiger partial charge in [-0.2, -0.15) is 43.9 Å². The predicted octanol–water partition coefficient (Wildman–Crippen LogP) is 25.8. The smallest absolute Gasteiger partial charge is 0.507 e. The molecule has 0 atom stereocenters. The highest BCUT2D eigenvalue weighted by Crippen LogP contribution is 2.41. The molecule has 2 aromatic heterocycles. The average molecular weight is 2280 g/mol. The Morgan fingerprint density at radius 2 is 0.753 bits per heavy atom. The number of rotatable bonds is 26. The van der Waals surface area contributed by atoms with Gasteiger partial charge in [0.2, 0.25) is 0 Å². The molecule has 0 unspecified atom stereocenters. The summed E-state index contributed by atoms with van der Waals surface area (Å²) in [6.07, 6.45) is 4.81. The minimum atomic E-state index is -2.95. The van der Waals surface area contributed by atoms with Gasteiger partial charge in [-0.3, -0.25) is 14.4 Å². The number of nitrogens with zero attached hydrogens (tertiary/aromatic N) is 2. The standard InChI is InChI=1S/C21H16ClF2NO3.C16H13ClF2O4.C14H11ClF2O2.C14H9ClF2O2.C13H18BNO4.C8H5BrF2O2.C7H5BrO2.C6H6BClO2.C2H3ClO2/c1-27-20(26)18-7-5-14(12-25-18)9-13-6-8-19(28-21(23)24)17(10-13)15-3-2-4-16(22)11-15;1-21-16(20)22-9-10-5-6-14(23-15(18)19)13(7-10)11-3-2-4-12(17)8-11;2*15-11-3-1-2-10(7-11)12-6-9(8-18)4-5-13(12)19-14(16)17;1-12(2)13(3,4)19-14(18-12)9-6-7-10(15-8-9)11(16)17-5;9-6-3-5(4-12)1-2-7(6)13-8(10)11;8-6-3-5(4-9)1-2-7(6)10;8-6-3-1-2-5(4-6)7(9)10;1-5-2(3)4/h2-8,10-12,21H,9H2,1H3;2-8,15H,9H2,1H3;1-7,14,18H,8H2;1-8,14H;6-8H,1-5H3;1-4,8H;1-4,10H;1-4,9-10H;1H3. The summed E-state index contributed by atoms with van der Waals surface area (Å²) in [5.74, 6) is -0.684. The number of pyridine rings is 2.